The average molecular weight is 388 g/mol. The van der Waals surface area contributed by atoms with E-state index >= 15 is 0 Å². The van der Waals surface area contributed by atoms with E-state index in [0.717, 1.165) is 5.56 Å². The summed E-state index contributed by atoms with van der Waals surface area (Å²) in [5, 5.41) is 0. The van der Waals surface area contributed by atoms with Gasteiger partial charge in [-0.25, -0.2) is 13.4 Å². The Morgan fingerprint density at radius 1 is 1.30 bits per heavy atom. The first-order valence-corrected chi connectivity index (χ1v) is 10.7. The van der Waals surface area contributed by atoms with Gasteiger partial charge in [-0.15, -0.1) is 0 Å². The highest BCUT2D eigenvalue weighted by Crippen LogP contribution is 2.29. The number of nitrogens with zero attached hydrogens (tertiary/aromatic N) is 3. The minimum absolute atomic E-state index is 0.0570. The first kappa shape index (κ1) is 17.8. The molecule has 9 heteroatoms. The highest BCUT2D eigenvalue weighted by atomic mass is 32.2. The van der Waals surface area contributed by atoms with Gasteiger partial charge in [-0.3, -0.25) is 14.6 Å². The quantitative estimate of drug-likeness (QED) is 0.823. The molecule has 4 rings (SSSR count). The van der Waals surface area contributed by atoms with Gasteiger partial charge in [0.15, 0.2) is 9.84 Å². The molecule has 0 aliphatic carbocycles. The zero-order valence-electron chi connectivity index (χ0n) is 14.7. The second-order valence-electron chi connectivity index (χ2n) is 7.13. The Balaban J connectivity index is 1.52. The molecule has 1 N–H and O–H groups in total. The molecule has 2 fully saturated rings. The predicted octanol–water partition coefficient (Wildman–Crippen LogP) is 0.583. The molecular weight excluding hydrogens is 368 g/mol. The molecule has 2 aromatic heterocycles. The third-order valence-electron chi connectivity index (χ3n) is 5.19. The zero-order valence-corrected chi connectivity index (χ0v) is 15.5. The van der Waals surface area contributed by atoms with Gasteiger partial charge in [0.25, 0.3) is 5.56 Å². The second-order valence-corrected chi connectivity index (χ2v) is 9.36. The standard InChI is InChI=1S/C18H20N4O4S/c23-16-8-15(12-2-1-5-19-9-12)20-17(21-16)13-3-6-22(10-13)18(24)14-4-7-27(25,26)11-14/h1-2,5,8-9,13-14H,3-4,6-7,10-11H2,(H,20,21,23)/t13-,14-/m1/s1. The minimum Gasteiger partial charge on any atom is -0.342 e. The number of carbonyl (C=O) groups is 1. The predicted molar refractivity (Wildman–Crippen MR) is 98.8 cm³/mol. The summed E-state index contributed by atoms with van der Waals surface area (Å²) in [7, 11) is -3.09. The van der Waals surface area contributed by atoms with Crippen molar-refractivity contribution in [3.8, 4) is 11.3 Å². The number of aromatic amines is 1. The maximum atomic E-state index is 12.6. The van der Waals surface area contributed by atoms with Crippen LogP contribution in [0.25, 0.3) is 11.3 Å². The number of likely N-dealkylation sites (tertiary alicyclic amines) is 1. The van der Waals surface area contributed by atoms with Crippen LogP contribution in [-0.2, 0) is 14.6 Å². The normalized spacial score (nSPS) is 24.2. The lowest BCUT2D eigenvalue weighted by Gasteiger charge is -2.19. The molecule has 0 bridgehead atoms. The maximum Gasteiger partial charge on any atom is 0.251 e. The summed E-state index contributed by atoms with van der Waals surface area (Å²) in [6.45, 7) is 0.982. The third-order valence-corrected chi connectivity index (χ3v) is 6.95. The summed E-state index contributed by atoms with van der Waals surface area (Å²) in [5.74, 6) is -0.0415. The number of H-pyrrole nitrogens is 1. The summed E-state index contributed by atoms with van der Waals surface area (Å²) in [5.41, 5.74) is 1.06. The summed E-state index contributed by atoms with van der Waals surface area (Å²) >= 11 is 0. The van der Waals surface area contributed by atoms with Gasteiger partial charge in [-0.2, -0.15) is 0 Å². The summed E-state index contributed by atoms with van der Waals surface area (Å²) in [6.07, 6.45) is 4.39. The van der Waals surface area contributed by atoms with Crippen molar-refractivity contribution in [1.29, 1.82) is 0 Å². The lowest BCUT2D eigenvalue weighted by atomic mass is 10.1. The molecule has 4 heterocycles. The van der Waals surface area contributed by atoms with Gasteiger partial charge < -0.3 is 9.88 Å². The Morgan fingerprint density at radius 3 is 2.85 bits per heavy atom. The molecule has 142 valence electrons. The van der Waals surface area contributed by atoms with E-state index in [2.05, 4.69) is 15.0 Å². The molecular formula is C18H20N4O4S. The molecule has 2 saturated heterocycles. The van der Waals surface area contributed by atoms with Crippen molar-refractivity contribution in [3.05, 3.63) is 46.8 Å². The number of carbonyl (C=O) groups excluding carboxylic acids is 1. The van der Waals surface area contributed by atoms with Gasteiger partial charge in [-0.1, -0.05) is 0 Å². The van der Waals surface area contributed by atoms with Crippen LogP contribution in [0.5, 0.6) is 0 Å². The molecule has 1 amide bonds. The third kappa shape index (κ3) is 3.78. The molecule has 8 nitrogen and oxygen atoms in total. The molecule has 27 heavy (non-hydrogen) atoms. The number of rotatable bonds is 3. The van der Waals surface area contributed by atoms with Crippen molar-refractivity contribution in [2.75, 3.05) is 24.6 Å². The maximum absolute atomic E-state index is 12.6. The molecule has 0 unspecified atom stereocenters. The lowest BCUT2D eigenvalue weighted by Crippen LogP contribution is -2.35. The number of aromatic nitrogens is 3. The van der Waals surface area contributed by atoms with Crippen molar-refractivity contribution in [2.24, 2.45) is 5.92 Å². The smallest absolute Gasteiger partial charge is 0.251 e. The van der Waals surface area contributed by atoms with E-state index in [-0.39, 0.29) is 28.9 Å². The second kappa shape index (κ2) is 6.88. The highest BCUT2D eigenvalue weighted by Gasteiger charge is 2.38. The first-order valence-electron chi connectivity index (χ1n) is 8.92. The summed E-state index contributed by atoms with van der Waals surface area (Å²) < 4.78 is 23.3. The fourth-order valence-corrected chi connectivity index (χ4v) is 5.50. The van der Waals surface area contributed by atoms with Crippen molar-refractivity contribution < 1.29 is 13.2 Å². The number of amides is 1. The SMILES string of the molecule is O=C([C@@H]1CCS(=O)(=O)C1)N1CC[C@@H](c2nc(-c3cccnc3)cc(=O)[nH]2)C1. The van der Waals surface area contributed by atoms with Gasteiger partial charge in [0, 0.05) is 43.0 Å². The molecule has 0 spiro atoms. The number of sulfone groups is 1. The van der Waals surface area contributed by atoms with E-state index < -0.39 is 15.8 Å². The van der Waals surface area contributed by atoms with Gasteiger partial charge in [0.2, 0.25) is 5.91 Å². The lowest BCUT2D eigenvalue weighted by molar-refractivity contribution is -0.133. The highest BCUT2D eigenvalue weighted by molar-refractivity contribution is 7.91. The zero-order chi connectivity index (χ0) is 19.0. The number of pyridine rings is 1. The van der Waals surface area contributed by atoms with Crippen molar-refractivity contribution in [3.63, 3.8) is 0 Å². The van der Waals surface area contributed by atoms with E-state index in [4.69, 9.17) is 0 Å². The van der Waals surface area contributed by atoms with Crippen LogP contribution >= 0.6 is 0 Å². The monoisotopic (exact) mass is 388 g/mol. The Labute approximate surface area is 156 Å². The van der Waals surface area contributed by atoms with Gasteiger partial charge >= 0.3 is 0 Å². The number of nitrogens with one attached hydrogen (secondary N) is 1. The van der Waals surface area contributed by atoms with Gasteiger partial charge in [-0.05, 0) is 25.0 Å². The van der Waals surface area contributed by atoms with Gasteiger partial charge in [0.1, 0.15) is 5.82 Å². The first-order chi connectivity index (χ1) is 12.9. The minimum atomic E-state index is -3.09. The molecule has 2 aliphatic heterocycles. The largest absolute Gasteiger partial charge is 0.342 e. The van der Waals surface area contributed by atoms with E-state index in [9.17, 15) is 18.0 Å². The molecule has 0 radical (unpaired) electrons. The van der Waals surface area contributed by atoms with Crippen LogP contribution in [0.4, 0.5) is 0 Å². The van der Waals surface area contributed by atoms with Crippen molar-refractivity contribution in [1.82, 2.24) is 19.9 Å². The van der Waals surface area contributed by atoms with E-state index in [1.807, 2.05) is 6.07 Å². The van der Waals surface area contributed by atoms with Crippen LogP contribution in [-0.4, -0.2) is 58.8 Å². The Bertz CT molecular complexity index is 1020. The van der Waals surface area contributed by atoms with Crippen LogP contribution in [0.15, 0.2) is 35.4 Å². The van der Waals surface area contributed by atoms with E-state index in [0.29, 0.717) is 37.4 Å². The Morgan fingerprint density at radius 2 is 2.15 bits per heavy atom. The fraction of sp³-hybridized carbons (Fsp3) is 0.444. The van der Waals surface area contributed by atoms with E-state index in [1.165, 1.54) is 6.07 Å². The molecule has 2 atom stereocenters. The molecule has 0 aromatic carbocycles. The van der Waals surface area contributed by atoms with Crippen LogP contribution < -0.4 is 5.56 Å². The number of hydrogen-bond acceptors (Lipinski definition) is 6. The van der Waals surface area contributed by atoms with Crippen LogP contribution in [0.1, 0.15) is 24.6 Å². The van der Waals surface area contributed by atoms with Gasteiger partial charge in [0.05, 0.1) is 23.1 Å². The van der Waals surface area contributed by atoms with Crippen LogP contribution in [0, 0.1) is 5.92 Å². The van der Waals surface area contributed by atoms with E-state index in [1.54, 1.807) is 23.4 Å². The topological polar surface area (TPSA) is 113 Å². The fourth-order valence-electron chi connectivity index (χ4n) is 3.76. The van der Waals surface area contributed by atoms with Crippen molar-refractivity contribution in [2.45, 2.75) is 18.8 Å². The molecule has 2 aromatic rings. The van der Waals surface area contributed by atoms with Crippen LogP contribution in [0.3, 0.4) is 0 Å². The molecule has 0 saturated carbocycles. The Kier molecular flexibility index (Phi) is 4.55. The summed E-state index contributed by atoms with van der Waals surface area (Å²) in [4.78, 5) is 37.8. The Hall–Kier alpha value is -2.55. The molecule has 2 aliphatic rings. The van der Waals surface area contributed by atoms with Crippen LogP contribution in [0.2, 0.25) is 0 Å². The number of hydrogen-bond donors (Lipinski definition) is 1. The van der Waals surface area contributed by atoms with Crippen molar-refractivity contribution >= 4 is 15.7 Å². The average Bonchev–Trinajstić information content (AvgIpc) is 3.28. The summed E-state index contributed by atoms with van der Waals surface area (Å²) in [6, 6.07) is 5.05.